The molecule has 10 nitrogen and oxygen atoms in total. The minimum absolute atomic E-state index is 0.0888. The van der Waals surface area contributed by atoms with Gasteiger partial charge in [-0.3, -0.25) is 19.1 Å². The second-order valence-electron chi connectivity index (χ2n) is 7.98. The number of carbonyl (C=O) groups is 1. The number of fused-ring (bicyclic) bond motifs is 1. The quantitative estimate of drug-likeness (QED) is 0.585. The summed E-state index contributed by atoms with van der Waals surface area (Å²) < 4.78 is 28.5. The summed E-state index contributed by atoms with van der Waals surface area (Å²) in [5.74, 6) is -0.384. The van der Waals surface area contributed by atoms with Crippen LogP contribution in [0.2, 0.25) is 0 Å². The topological polar surface area (TPSA) is 125 Å². The van der Waals surface area contributed by atoms with Gasteiger partial charge in [0.15, 0.2) is 0 Å². The Balaban J connectivity index is 1.49. The zero-order valence-electron chi connectivity index (χ0n) is 18.4. The summed E-state index contributed by atoms with van der Waals surface area (Å²) in [6.07, 6.45) is 1.88. The lowest BCUT2D eigenvalue weighted by atomic mass is 10.1. The predicted molar refractivity (Wildman–Crippen MR) is 123 cm³/mol. The first-order valence-corrected chi connectivity index (χ1v) is 12.1. The van der Waals surface area contributed by atoms with Gasteiger partial charge in [0.25, 0.3) is 11.5 Å². The van der Waals surface area contributed by atoms with Crippen molar-refractivity contribution in [2.75, 3.05) is 26.2 Å². The number of hydrogen-bond acceptors (Lipinski definition) is 6. The van der Waals surface area contributed by atoms with Crippen LogP contribution < -0.4 is 11.2 Å². The van der Waals surface area contributed by atoms with Crippen molar-refractivity contribution in [1.82, 2.24) is 23.7 Å². The van der Waals surface area contributed by atoms with Gasteiger partial charge in [0, 0.05) is 33.2 Å². The highest BCUT2D eigenvalue weighted by Crippen LogP contribution is 2.20. The zero-order chi connectivity index (χ0) is 23.8. The Labute approximate surface area is 190 Å². The number of aryl methyl sites for hydroxylation is 2. The molecule has 1 saturated heterocycles. The first-order chi connectivity index (χ1) is 15.7. The van der Waals surface area contributed by atoms with Gasteiger partial charge in [-0.2, -0.15) is 4.31 Å². The predicted octanol–water partition coefficient (Wildman–Crippen LogP) is 0.721. The van der Waals surface area contributed by atoms with Crippen LogP contribution in [-0.2, 0) is 23.5 Å². The van der Waals surface area contributed by atoms with E-state index in [1.807, 2.05) is 12.1 Å². The van der Waals surface area contributed by atoms with E-state index in [2.05, 4.69) is 16.9 Å². The molecule has 1 aliphatic rings. The molecule has 3 heterocycles. The number of hydrogen-bond donors (Lipinski definition) is 1. The molecule has 3 aromatic rings. The minimum atomic E-state index is -3.65. The van der Waals surface area contributed by atoms with Gasteiger partial charge < -0.3 is 4.90 Å². The van der Waals surface area contributed by atoms with Gasteiger partial charge in [0.2, 0.25) is 10.0 Å². The third kappa shape index (κ3) is 4.33. The summed E-state index contributed by atoms with van der Waals surface area (Å²) in [5, 5.41) is 0.203. The minimum Gasteiger partial charge on any atom is -0.335 e. The number of aromatic amines is 1. The van der Waals surface area contributed by atoms with Gasteiger partial charge in [0.1, 0.15) is 11.3 Å². The summed E-state index contributed by atoms with van der Waals surface area (Å²) >= 11 is 0. The molecule has 4 rings (SSSR count). The normalized spacial score (nSPS) is 15.2. The first kappa shape index (κ1) is 22.9. The third-order valence-electron chi connectivity index (χ3n) is 5.81. The number of aromatic nitrogens is 3. The van der Waals surface area contributed by atoms with E-state index in [9.17, 15) is 22.8 Å². The summed E-state index contributed by atoms with van der Waals surface area (Å²) in [5.41, 5.74) is 0.106. The molecule has 0 unspecified atom stereocenters. The standard InChI is InChI=1S/C22H25N5O5S/c1-3-4-15-5-7-16(8-6-15)33(31,32)27-13-11-26(12-14-27)21(29)18-10-9-17-19(23-18)25(2)22(30)24-20(17)28/h5-10H,3-4,11-14H2,1-2H3,(H,24,28,30). The van der Waals surface area contributed by atoms with Crippen molar-refractivity contribution in [2.24, 2.45) is 7.05 Å². The van der Waals surface area contributed by atoms with Gasteiger partial charge in [-0.05, 0) is 36.2 Å². The molecule has 0 saturated carbocycles. The van der Waals surface area contributed by atoms with Crippen LogP contribution in [-0.4, -0.2) is 64.2 Å². The lowest BCUT2D eigenvalue weighted by Crippen LogP contribution is -2.50. The molecule has 11 heteroatoms. The van der Waals surface area contributed by atoms with Crippen molar-refractivity contribution in [2.45, 2.75) is 24.7 Å². The summed E-state index contributed by atoms with van der Waals surface area (Å²) in [4.78, 5) is 45.0. The molecular formula is C22H25N5O5S. The number of sulfonamides is 1. The van der Waals surface area contributed by atoms with Gasteiger partial charge in [0.05, 0.1) is 10.3 Å². The van der Waals surface area contributed by atoms with Gasteiger partial charge in [-0.1, -0.05) is 25.5 Å². The van der Waals surface area contributed by atoms with Crippen LogP contribution in [0.1, 0.15) is 29.4 Å². The van der Waals surface area contributed by atoms with E-state index in [1.165, 1.54) is 33.0 Å². The number of H-pyrrole nitrogens is 1. The Morgan fingerprint density at radius 1 is 1.03 bits per heavy atom. The van der Waals surface area contributed by atoms with Gasteiger partial charge in [-0.25, -0.2) is 18.2 Å². The van der Waals surface area contributed by atoms with Crippen molar-refractivity contribution in [3.63, 3.8) is 0 Å². The molecule has 0 atom stereocenters. The van der Waals surface area contributed by atoms with Crippen LogP contribution in [0.15, 0.2) is 50.9 Å². The maximum atomic E-state index is 13.0. The van der Waals surface area contributed by atoms with Crippen LogP contribution in [0.25, 0.3) is 11.0 Å². The second kappa shape index (κ2) is 8.91. The number of benzene rings is 1. The highest BCUT2D eigenvalue weighted by molar-refractivity contribution is 7.89. The van der Waals surface area contributed by atoms with E-state index < -0.39 is 21.3 Å². The molecule has 33 heavy (non-hydrogen) atoms. The largest absolute Gasteiger partial charge is 0.335 e. The molecule has 0 bridgehead atoms. The third-order valence-corrected chi connectivity index (χ3v) is 7.72. The SMILES string of the molecule is CCCc1ccc(S(=O)(=O)N2CCN(C(=O)c3ccc4c(=O)[nH]c(=O)n(C)c4n3)CC2)cc1. The van der Waals surface area contributed by atoms with Crippen molar-refractivity contribution in [1.29, 1.82) is 0 Å². The summed E-state index contributed by atoms with van der Waals surface area (Å²) in [7, 11) is -2.19. The molecule has 1 aliphatic heterocycles. The van der Waals surface area contributed by atoms with E-state index in [0.717, 1.165) is 18.4 Å². The number of nitrogens with one attached hydrogen (secondary N) is 1. The average molecular weight is 472 g/mol. The maximum Gasteiger partial charge on any atom is 0.329 e. The molecule has 1 N–H and O–H groups in total. The van der Waals surface area contributed by atoms with Crippen LogP contribution in [0.4, 0.5) is 0 Å². The van der Waals surface area contributed by atoms with Gasteiger partial charge >= 0.3 is 5.69 Å². The second-order valence-corrected chi connectivity index (χ2v) is 9.91. The maximum absolute atomic E-state index is 13.0. The summed E-state index contributed by atoms with van der Waals surface area (Å²) in [6, 6.07) is 9.81. The molecule has 1 aromatic carbocycles. The summed E-state index contributed by atoms with van der Waals surface area (Å²) in [6.45, 7) is 2.81. The van der Waals surface area contributed by atoms with Crippen LogP contribution in [0.3, 0.4) is 0 Å². The van der Waals surface area contributed by atoms with Crippen molar-refractivity contribution >= 4 is 27.0 Å². The molecule has 2 aromatic heterocycles. The Hall–Kier alpha value is -3.31. The van der Waals surface area contributed by atoms with E-state index in [-0.39, 0.29) is 53.7 Å². The van der Waals surface area contributed by atoms with E-state index in [1.54, 1.807) is 12.1 Å². The van der Waals surface area contributed by atoms with E-state index >= 15 is 0 Å². The molecule has 1 amide bonds. The smallest absolute Gasteiger partial charge is 0.329 e. The highest BCUT2D eigenvalue weighted by atomic mass is 32.2. The number of amides is 1. The lowest BCUT2D eigenvalue weighted by molar-refractivity contribution is 0.0692. The number of carbonyl (C=O) groups excluding carboxylic acids is 1. The van der Waals surface area contributed by atoms with Crippen molar-refractivity contribution in [3.8, 4) is 0 Å². The number of nitrogens with zero attached hydrogens (tertiary/aromatic N) is 4. The molecular weight excluding hydrogens is 446 g/mol. The molecule has 174 valence electrons. The fraction of sp³-hybridized carbons (Fsp3) is 0.364. The fourth-order valence-electron chi connectivity index (χ4n) is 3.90. The lowest BCUT2D eigenvalue weighted by Gasteiger charge is -2.33. The zero-order valence-corrected chi connectivity index (χ0v) is 19.3. The Morgan fingerprint density at radius 3 is 2.33 bits per heavy atom. The number of rotatable bonds is 5. The molecule has 0 spiro atoms. The van der Waals surface area contributed by atoms with Crippen molar-refractivity contribution < 1.29 is 13.2 Å². The fourth-order valence-corrected chi connectivity index (χ4v) is 5.33. The Morgan fingerprint density at radius 2 is 1.70 bits per heavy atom. The van der Waals surface area contributed by atoms with Gasteiger partial charge in [-0.15, -0.1) is 0 Å². The highest BCUT2D eigenvalue weighted by Gasteiger charge is 2.31. The Kier molecular flexibility index (Phi) is 6.17. The first-order valence-electron chi connectivity index (χ1n) is 10.7. The molecule has 0 aliphatic carbocycles. The van der Waals surface area contributed by atoms with Crippen LogP contribution >= 0.6 is 0 Å². The molecule has 1 fully saturated rings. The van der Waals surface area contributed by atoms with Crippen LogP contribution in [0, 0.1) is 0 Å². The van der Waals surface area contributed by atoms with E-state index in [4.69, 9.17) is 0 Å². The average Bonchev–Trinajstić information content (AvgIpc) is 2.82. The monoisotopic (exact) mass is 471 g/mol. The number of pyridine rings is 1. The van der Waals surface area contributed by atoms with Crippen LogP contribution in [0.5, 0.6) is 0 Å². The number of piperazine rings is 1. The Bertz CT molecular complexity index is 1420. The van der Waals surface area contributed by atoms with Crippen molar-refractivity contribution in [3.05, 3.63) is 68.5 Å². The molecule has 0 radical (unpaired) electrons. The van der Waals surface area contributed by atoms with E-state index in [0.29, 0.717) is 0 Å².